The Balaban J connectivity index is 1.50. The molecule has 2 amide bonds. The summed E-state index contributed by atoms with van der Waals surface area (Å²) >= 11 is 0. The van der Waals surface area contributed by atoms with E-state index in [0.717, 1.165) is 18.8 Å². The third-order valence-corrected chi connectivity index (χ3v) is 5.45. The first kappa shape index (κ1) is 21.6. The summed E-state index contributed by atoms with van der Waals surface area (Å²) < 4.78 is 0. The van der Waals surface area contributed by atoms with Crippen LogP contribution in [0.15, 0.2) is 48.5 Å². The van der Waals surface area contributed by atoms with Crippen molar-refractivity contribution in [3.05, 3.63) is 48.5 Å². The zero-order valence-corrected chi connectivity index (χ0v) is 18.0. The summed E-state index contributed by atoms with van der Waals surface area (Å²) in [5.41, 5.74) is 3.53. The molecule has 7 heteroatoms. The van der Waals surface area contributed by atoms with Gasteiger partial charge in [-0.25, -0.2) is 0 Å². The number of hydrogen-bond acceptors (Lipinski definition) is 4. The van der Waals surface area contributed by atoms with Gasteiger partial charge >= 0.3 is 0 Å². The van der Waals surface area contributed by atoms with Gasteiger partial charge in [0.2, 0.25) is 11.8 Å². The number of likely N-dealkylation sites (N-methyl/N-ethyl adjacent to an activating group) is 1. The van der Waals surface area contributed by atoms with Gasteiger partial charge in [0.25, 0.3) is 0 Å². The highest BCUT2D eigenvalue weighted by Gasteiger charge is 2.19. The lowest BCUT2D eigenvalue weighted by Crippen LogP contribution is -3.14. The second-order valence-electron chi connectivity index (χ2n) is 7.75. The van der Waals surface area contributed by atoms with E-state index in [0.29, 0.717) is 11.4 Å². The molecule has 2 aromatic rings. The number of nitrogens with one attached hydrogen (secondary N) is 4. The molecule has 1 saturated heterocycles. The van der Waals surface area contributed by atoms with Gasteiger partial charge in [-0.3, -0.25) is 9.59 Å². The third kappa shape index (κ3) is 5.97. The topological polar surface area (TPSA) is 77.9 Å². The summed E-state index contributed by atoms with van der Waals surface area (Å²) in [4.78, 5) is 27.7. The van der Waals surface area contributed by atoms with E-state index in [4.69, 9.17) is 0 Å². The van der Waals surface area contributed by atoms with Crippen LogP contribution in [0.1, 0.15) is 20.8 Å². The lowest BCUT2D eigenvalue weighted by molar-refractivity contribution is -0.898. The summed E-state index contributed by atoms with van der Waals surface area (Å²) in [6, 6.07) is 15.0. The molecule has 0 aromatic heterocycles. The Kier molecular flexibility index (Phi) is 7.30. The van der Waals surface area contributed by atoms with Crippen molar-refractivity contribution in [3.63, 3.8) is 0 Å². The number of piperazine rings is 1. The Hall–Kier alpha value is -3.06. The molecule has 160 valence electrons. The summed E-state index contributed by atoms with van der Waals surface area (Å²) in [6.07, 6.45) is 0. The first-order valence-electron chi connectivity index (χ1n) is 10.6. The SMILES string of the molecule is CC[NH+]1CCN(c2ccc(N[C@H](C)C(=O)Nc3ccc(NC(C)=O)cc3)cc2)CC1. The van der Waals surface area contributed by atoms with Gasteiger partial charge in [-0.05, 0) is 62.4 Å². The predicted octanol–water partition coefficient (Wildman–Crippen LogP) is 1.81. The molecule has 0 aliphatic carbocycles. The number of benzene rings is 2. The van der Waals surface area contributed by atoms with Crippen LogP contribution in [0, 0.1) is 0 Å². The number of quaternary nitrogens is 1. The van der Waals surface area contributed by atoms with E-state index in [9.17, 15) is 9.59 Å². The number of hydrogen-bond donors (Lipinski definition) is 4. The number of amides is 2. The van der Waals surface area contributed by atoms with Crippen molar-refractivity contribution in [1.29, 1.82) is 0 Å². The molecule has 4 N–H and O–H groups in total. The van der Waals surface area contributed by atoms with Crippen LogP contribution in [0.25, 0.3) is 0 Å². The van der Waals surface area contributed by atoms with Gasteiger partial charge in [-0.2, -0.15) is 0 Å². The zero-order chi connectivity index (χ0) is 21.5. The average Bonchev–Trinajstić information content (AvgIpc) is 2.75. The van der Waals surface area contributed by atoms with Crippen LogP contribution in [0.5, 0.6) is 0 Å². The standard InChI is InChI=1S/C23H31N5O2/c1-4-27-13-15-28(16-14-27)22-11-9-19(10-12-22)24-17(2)23(30)26-21-7-5-20(6-8-21)25-18(3)29/h5-12,17,24H,4,13-16H2,1-3H3,(H,25,29)(H,26,30)/p+1/t17-/m1/s1. The highest BCUT2D eigenvalue weighted by Crippen LogP contribution is 2.19. The van der Waals surface area contributed by atoms with Crippen molar-refractivity contribution in [1.82, 2.24) is 0 Å². The van der Waals surface area contributed by atoms with Crippen LogP contribution in [0.2, 0.25) is 0 Å². The van der Waals surface area contributed by atoms with Crippen LogP contribution in [0.3, 0.4) is 0 Å². The fourth-order valence-electron chi connectivity index (χ4n) is 3.61. The van der Waals surface area contributed by atoms with Crippen molar-refractivity contribution in [2.24, 2.45) is 0 Å². The molecular formula is C23H32N5O2+. The van der Waals surface area contributed by atoms with E-state index in [1.807, 2.05) is 19.1 Å². The number of carbonyl (C=O) groups excluding carboxylic acids is 2. The first-order chi connectivity index (χ1) is 14.4. The summed E-state index contributed by atoms with van der Waals surface area (Å²) in [6.45, 7) is 11.2. The maximum absolute atomic E-state index is 12.5. The summed E-state index contributed by atoms with van der Waals surface area (Å²) in [5.74, 6) is -0.245. The Labute approximate surface area is 178 Å². The molecule has 30 heavy (non-hydrogen) atoms. The van der Waals surface area contributed by atoms with E-state index in [1.54, 1.807) is 29.2 Å². The fraction of sp³-hybridized carbons (Fsp3) is 0.391. The van der Waals surface area contributed by atoms with Crippen molar-refractivity contribution < 1.29 is 14.5 Å². The highest BCUT2D eigenvalue weighted by molar-refractivity contribution is 5.96. The van der Waals surface area contributed by atoms with Crippen molar-refractivity contribution in [3.8, 4) is 0 Å². The van der Waals surface area contributed by atoms with E-state index in [1.165, 1.54) is 32.2 Å². The van der Waals surface area contributed by atoms with Gasteiger partial charge in [0.1, 0.15) is 6.04 Å². The molecule has 2 aromatic carbocycles. The van der Waals surface area contributed by atoms with Crippen molar-refractivity contribution in [2.45, 2.75) is 26.8 Å². The van der Waals surface area contributed by atoms with E-state index < -0.39 is 0 Å². The molecule has 1 fully saturated rings. The molecule has 0 saturated carbocycles. The van der Waals surface area contributed by atoms with Crippen LogP contribution in [0.4, 0.5) is 22.7 Å². The van der Waals surface area contributed by atoms with Gasteiger partial charge in [-0.15, -0.1) is 0 Å². The quantitative estimate of drug-likeness (QED) is 0.562. The van der Waals surface area contributed by atoms with Crippen molar-refractivity contribution in [2.75, 3.05) is 53.6 Å². The number of anilines is 4. The molecule has 0 radical (unpaired) electrons. The second-order valence-corrected chi connectivity index (χ2v) is 7.75. The zero-order valence-electron chi connectivity index (χ0n) is 18.0. The van der Waals surface area contributed by atoms with E-state index in [2.05, 4.69) is 39.9 Å². The number of carbonyl (C=O) groups is 2. The lowest BCUT2D eigenvalue weighted by Gasteiger charge is -2.33. The molecule has 1 heterocycles. The van der Waals surface area contributed by atoms with Crippen LogP contribution < -0.4 is 25.8 Å². The molecule has 7 nitrogen and oxygen atoms in total. The first-order valence-corrected chi connectivity index (χ1v) is 10.6. The molecular weight excluding hydrogens is 378 g/mol. The number of nitrogens with zero attached hydrogens (tertiary/aromatic N) is 1. The maximum atomic E-state index is 12.5. The second kappa shape index (κ2) is 10.1. The molecule has 1 atom stereocenters. The maximum Gasteiger partial charge on any atom is 0.246 e. The van der Waals surface area contributed by atoms with Crippen LogP contribution >= 0.6 is 0 Å². The minimum Gasteiger partial charge on any atom is -0.374 e. The average molecular weight is 411 g/mol. The van der Waals surface area contributed by atoms with Crippen LogP contribution in [-0.4, -0.2) is 50.6 Å². The summed E-state index contributed by atoms with van der Waals surface area (Å²) in [7, 11) is 0. The minimum atomic E-state index is -0.387. The summed E-state index contributed by atoms with van der Waals surface area (Å²) in [5, 5.41) is 8.85. The third-order valence-electron chi connectivity index (χ3n) is 5.45. The van der Waals surface area contributed by atoms with Gasteiger partial charge in [0.05, 0.1) is 32.7 Å². The smallest absolute Gasteiger partial charge is 0.246 e. The fourth-order valence-corrected chi connectivity index (χ4v) is 3.61. The molecule has 1 aliphatic rings. The Morgan fingerprint density at radius 1 is 0.933 bits per heavy atom. The van der Waals surface area contributed by atoms with E-state index in [-0.39, 0.29) is 17.9 Å². The normalized spacial score (nSPS) is 15.4. The van der Waals surface area contributed by atoms with E-state index >= 15 is 0 Å². The molecule has 0 spiro atoms. The van der Waals surface area contributed by atoms with Crippen LogP contribution in [-0.2, 0) is 9.59 Å². The molecule has 0 unspecified atom stereocenters. The Morgan fingerprint density at radius 2 is 1.47 bits per heavy atom. The lowest BCUT2D eigenvalue weighted by atomic mass is 10.2. The van der Waals surface area contributed by atoms with Gasteiger partial charge in [0.15, 0.2) is 0 Å². The largest absolute Gasteiger partial charge is 0.374 e. The Bertz CT molecular complexity index is 843. The minimum absolute atomic E-state index is 0.120. The molecule has 1 aliphatic heterocycles. The monoisotopic (exact) mass is 410 g/mol. The van der Waals surface area contributed by atoms with Crippen molar-refractivity contribution >= 4 is 34.6 Å². The predicted molar refractivity (Wildman–Crippen MR) is 122 cm³/mol. The molecule has 3 rings (SSSR count). The molecule has 0 bridgehead atoms. The van der Waals surface area contributed by atoms with Gasteiger partial charge < -0.3 is 25.8 Å². The Morgan fingerprint density at radius 3 is 2.00 bits per heavy atom. The number of rotatable bonds is 7. The van der Waals surface area contributed by atoms with Gasteiger partial charge in [-0.1, -0.05) is 0 Å². The van der Waals surface area contributed by atoms with Gasteiger partial charge in [0, 0.05) is 29.7 Å². The highest BCUT2D eigenvalue weighted by atomic mass is 16.2.